The Morgan fingerprint density at radius 2 is 1.96 bits per heavy atom. The van der Waals surface area contributed by atoms with E-state index in [1.807, 2.05) is 31.2 Å². The Labute approximate surface area is 156 Å². The molecule has 1 saturated heterocycles. The summed E-state index contributed by atoms with van der Waals surface area (Å²) in [5.74, 6) is 0.725. The minimum Gasteiger partial charge on any atom is -0.377 e. The number of aromatic nitrogens is 4. The quantitative estimate of drug-likeness (QED) is 0.767. The Morgan fingerprint density at radius 3 is 2.81 bits per heavy atom. The fourth-order valence-electron chi connectivity index (χ4n) is 3.98. The molecule has 2 unspecified atom stereocenters. The summed E-state index contributed by atoms with van der Waals surface area (Å²) in [5, 5.41) is 8.09. The number of nitrogens with zero attached hydrogens (tertiary/aromatic N) is 4. The number of aryl methyl sites for hydroxylation is 3. The number of fused-ring (bicyclic) bond motifs is 2. The Hall–Kier alpha value is -2.80. The second kappa shape index (κ2) is 6.42. The maximum absolute atomic E-state index is 12.6. The fraction of sp³-hybridized carbons (Fsp3) is 0.400. The number of para-hydroxylation sites is 2. The van der Waals surface area contributed by atoms with Crippen LogP contribution >= 0.6 is 0 Å². The molecule has 3 aromatic rings. The van der Waals surface area contributed by atoms with E-state index < -0.39 is 0 Å². The summed E-state index contributed by atoms with van der Waals surface area (Å²) in [7, 11) is 0. The summed E-state index contributed by atoms with van der Waals surface area (Å²) in [6.45, 7) is 2.90. The summed E-state index contributed by atoms with van der Waals surface area (Å²) < 4.78 is 7.28. The first-order valence-electron chi connectivity index (χ1n) is 9.38. The second-order valence-electron chi connectivity index (χ2n) is 7.25. The van der Waals surface area contributed by atoms with Crippen molar-refractivity contribution in [3.8, 4) is 0 Å². The lowest BCUT2D eigenvalue weighted by molar-refractivity contribution is 0.182. The van der Waals surface area contributed by atoms with Crippen molar-refractivity contribution in [2.24, 2.45) is 0 Å². The Balaban J connectivity index is 1.47. The van der Waals surface area contributed by atoms with Crippen molar-refractivity contribution in [2.45, 2.75) is 38.3 Å². The fourth-order valence-corrected chi connectivity index (χ4v) is 3.98. The number of hydrogen-bond acceptors (Lipinski definition) is 6. The van der Waals surface area contributed by atoms with Crippen LogP contribution < -0.4 is 10.9 Å². The van der Waals surface area contributed by atoms with Crippen molar-refractivity contribution < 1.29 is 4.74 Å². The van der Waals surface area contributed by atoms with Gasteiger partial charge in [-0.25, -0.2) is 14.6 Å². The van der Waals surface area contributed by atoms with Crippen LogP contribution in [0.3, 0.4) is 0 Å². The first-order chi connectivity index (χ1) is 13.2. The van der Waals surface area contributed by atoms with Gasteiger partial charge < -0.3 is 10.1 Å². The van der Waals surface area contributed by atoms with Gasteiger partial charge in [-0.2, -0.15) is 5.10 Å². The molecule has 1 aliphatic heterocycles. The normalized spacial score (nSPS) is 21.5. The van der Waals surface area contributed by atoms with E-state index in [0.29, 0.717) is 13.2 Å². The number of rotatable bonds is 3. The number of hydrogen-bond donors (Lipinski definition) is 1. The topological polar surface area (TPSA) is 81.9 Å². The van der Waals surface area contributed by atoms with Gasteiger partial charge in [0.05, 0.1) is 41.7 Å². The van der Waals surface area contributed by atoms with Crippen molar-refractivity contribution in [3.05, 3.63) is 57.6 Å². The molecule has 5 rings (SSSR count). The molecular weight excluding hydrogens is 342 g/mol. The smallest absolute Gasteiger partial charge is 0.267 e. The number of nitrogens with one attached hydrogen (secondary N) is 1. The van der Waals surface area contributed by atoms with E-state index in [1.165, 1.54) is 0 Å². The molecule has 0 spiro atoms. The van der Waals surface area contributed by atoms with Gasteiger partial charge in [-0.3, -0.25) is 4.79 Å². The van der Waals surface area contributed by atoms with Gasteiger partial charge >= 0.3 is 0 Å². The van der Waals surface area contributed by atoms with Crippen LogP contribution in [-0.4, -0.2) is 39.0 Å². The minimum atomic E-state index is -0.156. The molecule has 27 heavy (non-hydrogen) atoms. The SMILES string of the molecule is Cc1nc2ccccc2nc1NC1COCC1n1nc2c(cc1=O)CCC2. The molecule has 1 fully saturated rings. The Kier molecular flexibility index (Phi) is 3.89. The van der Waals surface area contributed by atoms with E-state index >= 15 is 0 Å². The molecule has 2 aliphatic rings. The second-order valence-corrected chi connectivity index (χ2v) is 7.25. The highest BCUT2D eigenvalue weighted by Gasteiger charge is 2.33. The Morgan fingerprint density at radius 1 is 1.15 bits per heavy atom. The van der Waals surface area contributed by atoms with Crippen LogP contribution in [0.1, 0.15) is 29.4 Å². The van der Waals surface area contributed by atoms with E-state index in [9.17, 15) is 4.79 Å². The standard InChI is InChI=1S/C20H21N5O2/c1-12-20(22-16-7-3-2-6-15(16)21-12)23-17-10-27-11-18(17)25-19(26)9-13-5-4-8-14(13)24-25/h2-3,6-7,9,17-18H,4-5,8,10-11H2,1H3,(H,22,23). The number of benzene rings is 1. The van der Waals surface area contributed by atoms with Gasteiger partial charge in [0, 0.05) is 6.07 Å². The lowest BCUT2D eigenvalue weighted by Gasteiger charge is -2.22. The molecule has 1 aliphatic carbocycles. The van der Waals surface area contributed by atoms with Crippen LogP contribution in [0, 0.1) is 6.92 Å². The van der Waals surface area contributed by atoms with E-state index in [1.54, 1.807) is 10.7 Å². The molecule has 7 heteroatoms. The first-order valence-corrected chi connectivity index (χ1v) is 9.38. The average molecular weight is 363 g/mol. The van der Waals surface area contributed by atoms with Crippen molar-refractivity contribution in [3.63, 3.8) is 0 Å². The Bertz CT molecular complexity index is 1080. The molecule has 3 heterocycles. The van der Waals surface area contributed by atoms with Crippen molar-refractivity contribution in [1.29, 1.82) is 0 Å². The molecule has 0 saturated carbocycles. The van der Waals surface area contributed by atoms with E-state index in [4.69, 9.17) is 9.72 Å². The highest BCUT2D eigenvalue weighted by molar-refractivity contribution is 5.76. The minimum absolute atomic E-state index is 0.0562. The monoisotopic (exact) mass is 363 g/mol. The maximum Gasteiger partial charge on any atom is 0.267 e. The summed E-state index contributed by atoms with van der Waals surface area (Å²) >= 11 is 0. The third-order valence-electron chi connectivity index (χ3n) is 5.41. The van der Waals surface area contributed by atoms with Crippen LogP contribution in [0.4, 0.5) is 5.82 Å². The predicted octanol–water partition coefficient (Wildman–Crippen LogP) is 2.04. The predicted molar refractivity (Wildman–Crippen MR) is 102 cm³/mol. The molecule has 2 atom stereocenters. The highest BCUT2D eigenvalue weighted by atomic mass is 16.5. The number of ether oxygens (including phenoxy) is 1. The lowest BCUT2D eigenvalue weighted by Crippen LogP contribution is -2.38. The van der Waals surface area contributed by atoms with Crippen LogP contribution in [0.5, 0.6) is 0 Å². The van der Waals surface area contributed by atoms with Gasteiger partial charge in [-0.15, -0.1) is 0 Å². The van der Waals surface area contributed by atoms with Crippen LogP contribution in [-0.2, 0) is 17.6 Å². The summed E-state index contributed by atoms with van der Waals surface area (Å²) in [5.41, 5.74) is 4.62. The first kappa shape index (κ1) is 16.4. The molecule has 1 aromatic carbocycles. The van der Waals surface area contributed by atoms with Gasteiger partial charge in [0.15, 0.2) is 0 Å². The zero-order chi connectivity index (χ0) is 18.4. The summed E-state index contributed by atoms with van der Waals surface area (Å²) in [6, 6.07) is 9.31. The molecule has 0 amide bonds. The highest BCUT2D eigenvalue weighted by Crippen LogP contribution is 2.25. The maximum atomic E-state index is 12.6. The molecule has 7 nitrogen and oxygen atoms in total. The van der Waals surface area contributed by atoms with Crippen LogP contribution in [0.2, 0.25) is 0 Å². The third-order valence-corrected chi connectivity index (χ3v) is 5.41. The van der Waals surface area contributed by atoms with Crippen molar-refractivity contribution >= 4 is 16.9 Å². The zero-order valence-corrected chi connectivity index (χ0v) is 15.2. The zero-order valence-electron chi connectivity index (χ0n) is 15.2. The van der Waals surface area contributed by atoms with Gasteiger partial charge in [0.2, 0.25) is 0 Å². The lowest BCUT2D eigenvalue weighted by atomic mass is 10.1. The average Bonchev–Trinajstić information content (AvgIpc) is 3.30. The van der Waals surface area contributed by atoms with E-state index in [0.717, 1.165) is 53.1 Å². The van der Waals surface area contributed by atoms with Gasteiger partial charge in [0.1, 0.15) is 11.9 Å². The molecule has 0 bridgehead atoms. The van der Waals surface area contributed by atoms with Crippen molar-refractivity contribution in [2.75, 3.05) is 18.5 Å². The number of anilines is 1. The molecule has 0 radical (unpaired) electrons. The van der Waals surface area contributed by atoms with Crippen LogP contribution in [0.15, 0.2) is 35.1 Å². The van der Waals surface area contributed by atoms with Gasteiger partial charge in [-0.1, -0.05) is 12.1 Å². The third kappa shape index (κ3) is 2.88. The van der Waals surface area contributed by atoms with Gasteiger partial charge in [0.25, 0.3) is 5.56 Å². The molecular formula is C20H21N5O2. The van der Waals surface area contributed by atoms with E-state index in [2.05, 4.69) is 15.4 Å². The van der Waals surface area contributed by atoms with Crippen LogP contribution in [0.25, 0.3) is 11.0 Å². The molecule has 2 aromatic heterocycles. The van der Waals surface area contributed by atoms with E-state index in [-0.39, 0.29) is 17.6 Å². The molecule has 138 valence electrons. The largest absolute Gasteiger partial charge is 0.377 e. The molecule has 1 N–H and O–H groups in total. The van der Waals surface area contributed by atoms with Crippen molar-refractivity contribution in [1.82, 2.24) is 19.7 Å². The summed E-state index contributed by atoms with van der Waals surface area (Å²) in [6.07, 6.45) is 2.96. The summed E-state index contributed by atoms with van der Waals surface area (Å²) in [4.78, 5) is 21.9. The van der Waals surface area contributed by atoms with Gasteiger partial charge in [-0.05, 0) is 43.9 Å².